The minimum absolute atomic E-state index is 0.0218. The Morgan fingerprint density at radius 1 is 1.32 bits per heavy atom. The molecule has 2 aromatic rings. The average molecular weight is 306 g/mol. The molecule has 2 amide bonds. The molecule has 22 heavy (non-hydrogen) atoms. The van der Waals surface area contributed by atoms with Gasteiger partial charge < -0.3 is 15.6 Å². The van der Waals surface area contributed by atoms with Crippen LogP contribution in [0, 0.1) is 19.7 Å². The Labute approximate surface area is 125 Å². The van der Waals surface area contributed by atoms with Crippen molar-refractivity contribution in [2.24, 2.45) is 5.73 Å². The zero-order valence-electron chi connectivity index (χ0n) is 12.1. The Bertz CT molecular complexity index is 727. The molecule has 0 fully saturated rings. The van der Waals surface area contributed by atoms with Gasteiger partial charge >= 0.3 is 0 Å². The summed E-state index contributed by atoms with van der Waals surface area (Å²) in [6.07, 6.45) is 0. The maximum Gasteiger partial charge on any atom is 0.250 e. The zero-order chi connectivity index (χ0) is 16.3. The molecule has 8 heteroatoms. The van der Waals surface area contributed by atoms with E-state index in [0.717, 1.165) is 6.07 Å². The van der Waals surface area contributed by atoms with Crippen LogP contribution in [0.1, 0.15) is 21.6 Å². The minimum atomic E-state index is -0.785. The fraction of sp³-hybridized carbons (Fsp3) is 0.214. The fourth-order valence-corrected chi connectivity index (χ4v) is 1.81. The van der Waals surface area contributed by atoms with Crippen LogP contribution in [0.3, 0.4) is 0 Å². The van der Waals surface area contributed by atoms with Crippen LogP contribution in [0.5, 0.6) is 0 Å². The van der Waals surface area contributed by atoms with Crippen LogP contribution in [0.25, 0.3) is 0 Å². The van der Waals surface area contributed by atoms with Gasteiger partial charge in [0.15, 0.2) is 0 Å². The number of nitrogens with zero attached hydrogens (tertiary/aromatic N) is 1. The van der Waals surface area contributed by atoms with E-state index in [1.165, 1.54) is 6.07 Å². The highest BCUT2D eigenvalue weighted by Gasteiger charge is 2.13. The number of halogens is 1. The molecule has 0 aliphatic rings. The zero-order valence-corrected chi connectivity index (χ0v) is 12.1. The van der Waals surface area contributed by atoms with Gasteiger partial charge in [0.1, 0.15) is 5.82 Å². The van der Waals surface area contributed by atoms with Crippen molar-refractivity contribution in [1.29, 1.82) is 0 Å². The first-order chi connectivity index (χ1) is 10.4. The van der Waals surface area contributed by atoms with Crippen LogP contribution in [-0.2, 0) is 4.79 Å². The topological polar surface area (TPSA) is 110 Å². The summed E-state index contributed by atoms with van der Waals surface area (Å²) in [4.78, 5) is 23.1. The van der Waals surface area contributed by atoms with Gasteiger partial charge in [-0.3, -0.25) is 14.9 Å². The fourth-order valence-electron chi connectivity index (χ4n) is 1.81. The van der Waals surface area contributed by atoms with Crippen molar-refractivity contribution in [2.75, 3.05) is 17.2 Å². The number of nitrogens with one attached hydrogen (secondary N) is 2. The molecule has 0 atom stereocenters. The van der Waals surface area contributed by atoms with Gasteiger partial charge in [-0.15, -0.1) is 0 Å². The van der Waals surface area contributed by atoms with Crippen LogP contribution in [0.4, 0.5) is 16.0 Å². The Hall–Kier alpha value is -2.90. The number of hydrogen-bond donors (Lipinski definition) is 3. The van der Waals surface area contributed by atoms with Gasteiger partial charge in [0.25, 0.3) is 5.91 Å². The van der Waals surface area contributed by atoms with Gasteiger partial charge in [0.05, 0.1) is 17.8 Å². The summed E-state index contributed by atoms with van der Waals surface area (Å²) in [6.45, 7) is 3.12. The number of carbonyl (C=O) groups excluding carboxylic acids is 2. The van der Waals surface area contributed by atoms with Gasteiger partial charge in [0, 0.05) is 11.8 Å². The molecule has 116 valence electrons. The third-order valence-corrected chi connectivity index (χ3v) is 2.89. The standard InChI is InChI=1S/C14H15FN4O3/c1-7-3-11(9(14(16)21)5-10(7)15)17-6-12(20)18-13-4-8(2)19-22-13/h3-5,17H,6H2,1-2H3,(H2,16,21)(H,18,20). The molecule has 1 aromatic heterocycles. The highest BCUT2D eigenvalue weighted by Crippen LogP contribution is 2.20. The third-order valence-electron chi connectivity index (χ3n) is 2.89. The molecule has 1 heterocycles. The number of amides is 2. The number of hydrogen-bond acceptors (Lipinski definition) is 5. The lowest BCUT2D eigenvalue weighted by Crippen LogP contribution is -2.23. The van der Waals surface area contributed by atoms with E-state index in [1.807, 2.05) is 0 Å². The maximum atomic E-state index is 13.5. The highest BCUT2D eigenvalue weighted by molar-refractivity contribution is 6.00. The number of carbonyl (C=O) groups is 2. The van der Waals surface area contributed by atoms with E-state index in [9.17, 15) is 14.0 Å². The number of aromatic nitrogens is 1. The molecule has 0 aliphatic heterocycles. The molecule has 0 saturated carbocycles. The van der Waals surface area contributed by atoms with Crippen molar-refractivity contribution >= 4 is 23.4 Å². The lowest BCUT2D eigenvalue weighted by molar-refractivity contribution is -0.114. The minimum Gasteiger partial charge on any atom is -0.375 e. The van der Waals surface area contributed by atoms with Crippen molar-refractivity contribution in [3.8, 4) is 0 Å². The Balaban J connectivity index is 2.06. The van der Waals surface area contributed by atoms with Gasteiger partial charge in [-0.25, -0.2) is 4.39 Å². The van der Waals surface area contributed by atoms with Crippen molar-refractivity contribution in [3.05, 3.63) is 40.8 Å². The summed E-state index contributed by atoms with van der Waals surface area (Å²) in [5.41, 5.74) is 6.43. The first-order valence-electron chi connectivity index (χ1n) is 6.44. The molecule has 0 radical (unpaired) electrons. The normalized spacial score (nSPS) is 10.3. The van der Waals surface area contributed by atoms with Gasteiger partial charge in [-0.05, 0) is 31.5 Å². The number of rotatable bonds is 5. The number of aryl methyl sites for hydroxylation is 2. The highest BCUT2D eigenvalue weighted by atomic mass is 19.1. The van der Waals surface area contributed by atoms with Crippen molar-refractivity contribution in [1.82, 2.24) is 5.16 Å². The first-order valence-corrected chi connectivity index (χ1v) is 6.44. The Morgan fingerprint density at radius 2 is 2.05 bits per heavy atom. The van der Waals surface area contributed by atoms with Gasteiger partial charge in [-0.1, -0.05) is 5.16 Å². The van der Waals surface area contributed by atoms with Crippen LogP contribution in [-0.4, -0.2) is 23.5 Å². The van der Waals surface area contributed by atoms with Crippen molar-refractivity contribution in [2.45, 2.75) is 13.8 Å². The Kier molecular flexibility index (Phi) is 4.40. The Morgan fingerprint density at radius 3 is 2.64 bits per heavy atom. The molecule has 2 rings (SSSR count). The molecule has 1 aromatic carbocycles. The summed E-state index contributed by atoms with van der Waals surface area (Å²) < 4.78 is 18.3. The largest absolute Gasteiger partial charge is 0.375 e. The van der Waals surface area contributed by atoms with E-state index in [0.29, 0.717) is 11.3 Å². The SMILES string of the molecule is Cc1cc(NC(=O)CNc2cc(C)c(F)cc2C(N)=O)on1. The van der Waals surface area contributed by atoms with Crippen molar-refractivity contribution < 1.29 is 18.5 Å². The van der Waals surface area contributed by atoms with E-state index < -0.39 is 17.6 Å². The number of anilines is 2. The molecule has 4 N–H and O–H groups in total. The maximum absolute atomic E-state index is 13.5. The lowest BCUT2D eigenvalue weighted by atomic mass is 10.1. The number of primary amides is 1. The average Bonchev–Trinajstić information content (AvgIpc) is 2.84. The van der Waals surface area contributed by atoms with E-state index in [2.05, 4.69) is 15.8 Å². The summed E-state index contributed by atoms with van der Waals surface area (Å²) in [5.74, 6) is -1.52. The van der Waals surface area contributed by atoms with Crippen LogP contribution in [0.15, 0.2) is 22.7 Å². The second kappa shape index (κ2) is 6.25. The molecule has 7 nitrogen and oxygen atoms in total. The molecule has 0 spiro atoms. The van der Waals surface area contributed by atoms with Crippen LogP contribution in [0.2, 0.25) is 0 Å². The first kappa shape index (κ1) is 15.5. The number of benzene rings is 1. The molecule has 0 aliphatic carbocycles. The summed E-state index contributed by atoms with van der Waals surface area (Å²) in [6, 6.07) is 4.02. The van der Waals surface area contributed by atoms with Crippen LogP contribution < -0.4 is 16.4 Å². The van der Waals surface area contributed by atoms with Gasteiger partial charge in [-0.2, -0.15) is 0 Å². The quantitative estimate of drug-likeness (QED) is 0.776. The molecule has 0 bridgehead atoms. The summed E-state index contributed by atoms with van der Waals surface area (Å²) >= 11 is 0. The summed E-state index contributed by atoms with van der Waals surface area (Å²) in [7, 11) is 0. The van der Waals surface area contributed by atoms with Crippen molar-refractivity contribution in [3.63, 3.8) is 0 Å². The van der Waals surface area contributed by atoms with E-state index in [-0.39, 0.29) is 23.7 Å². The van der Waals surface area contributed by atoms with E-state index >= 15 is 0 Å². The monoisotopic (exact) mass is 306 g/mol. The molecular formula is C14H15FN4O3. The smallest absolute Gasteiger partial charge is 0.250 e. The third kappa shape index (κ3) is 3.60. The second-order valence-electron chi connectivity index (χ2n) is 4.75. The lowest BCUT2D eigenvalue weighted by Gasteiger charge is -2.11. The number of nitrogens with two attached hydrogens (primary N) is 1. The summed E-state index contributed by atoms with van der Waals surface area (Å²) in [5, 5.41) is 8.87. The van der Waals surface area contributed by atoms with E-state index in [1.54, 1.807) is 19.9 Å². The predicted octanol–water partition coefficient (Wildman–Crippen LogP) is 1.58. The molecule has 0 unspecified atom stereocenters. The predicted molar refractivity (Wildman–Crippen MR) is 78.0 cm³/mol. The molecule has 0 saturated heterocycles. The van der Waals surface area contributed by atoms with Crippen LogP contribution >= 0.6 is 0 Å². The van der Waals surface area contributed by atoms with Gasteiger partial charge in [0.2, 0.25) is 11.8 Å². The second-order valence-corrected chi connectivity index (χ2v) is 4.75. The molecular weight excluding hydrogens is 291 g/mol. The van der Waals surface area contributed by atoms with E-state index in [4.69, 9.17) is 10.3 Å².